The molecule has 0 fully saturated rings. The Bertz CT molecular complexity index is 730. The first-order valence-electron chi connectivity index (χ1n) is 9.33. The average molecular weight is 497 g/mol. The minimum absolute atomic E-state index is 0. The zero-order valence-corrected chi connectivity index (χ0v) is 18.4. The predicted octanol–water partition coefficient (Wildman–Crippen LogP) is 2.90. The summed E-state index contributed by atoms with van der Waals surface area (Å²) in [6, 6.07) is 13.6. The van der Waals surface area contributed by atoms with Crippen LogP contribution in [0, 0.1) is 0 Å². The van der Waals surface area contributed by atoms with Gasteiger partial charge in [-0.15, -0.1) is 24.0 Å². The van der Waals surface area contributed by atoms with Gasteiger partial charge in [0.2, 0.25) is 0 Å². The number of para-hydroxylation sites is 2. The smallest absolute Gasteiger partial charge is 0.191 e. The van der Waals surface area contributed by atoms with Crippen molar-refractivity contribution in [3.63, 3.8) is 0 Å². The number of benzene rings is 1. The van der Waals surface area contributed by atoms with E-state index in [0.29, 0.717) is 13.2 Å². The van der Waals surface area contributed by atoms with Crippen LogP contribution in [0.25, 0.3) is 0 Å². The topological polar surface area (TPSA) is 79.8 Å². The van der Waals surface area contributed by atoms with Crippen LogP contribution in [-0.2, 0) is 0 Å². The van der Waals surface area contributed by atoms with E-state index in [9.17, 15) is 0 Å². The minimum Gasteiger partial charge on any atom is -0.486 e. The zero-order valence-electron chi connectivity index (χ0n) is 16.1. The number of hydrogen-bond acceptors (Lipinski definition) is 5. The van der Waals surface area contributed by atoms with E-state index in [1.54, 1.807) is 13.2 Å². The highest BCUT2D eigenvalue weighted by Gasteiger charge is 2.20. The van der Waals surface area contributed by atoms with Crippen LogP contribution in [0.4, 0.5) is 5.82 Å². The molecule has 7 nitrogen and oxygen atoms in total. The van der Waals surface area contributed by atoms with Gasteiger partial charge in [0.15, 0.2) is 17.5 Å². The number of rotatable bonds is 8. The van der Waals surface area contributed by atoms with Crippen LogP contribution in [0.15, 0.2) is 53.7 Å². The Morgan fingerprint density at radius 1 is 1.07 bits per heavy atom. The van der Waals surface area contributed by atoms with E-state index in [0.717, 1.165) is 49.2 Å². The van der Waals surface area contributed by atoms with Crippen LogP contribution in [0.1, 0.15) is 12.8 Å². The Labute approximate surface area is 183 Å². The standard InChI is InChI=1S/C20H27N5O2.HI/c1-21-20(24-13-7-6-12-23-19-10-4-5-11-22-19)25-14-16-15-26-17-8-2-3-9-18(17)27-16;/h2-5,8-11,16H,6-7,12-15H2,1H3,(H,22,23)(H2,21,24,25);1H. The number of aliphatic imine (C=N–C) groups is 1. The number of halogens is 1. The van der Waals surface area contributed by atoms with Crippen molar-refractivity contribution in [2.45, 2.75) is 18.9 Å². The molecule has 8 heteroatoms. The lowest BCUT2D eigenvalue weighted by Crippen LogP contribution is -2.45. The van der Waals surface area contributed by atoms with Crippen LogP contribution in [0.5, 0.6) is 11.5 Å². The molecule has 1 aliphatic heterocycles. The fraction of sp³-hybridized carbons (Fsp3) is 0.400. The Balaban J connectivity index is 0.00000280. The minimum atomic E-state index is -0.0407. The molecule has 1 unspecified atom stereocenters. The maximum absolute atomic E-state index is 5.94. The van der Waals surface area contributed by atoms with Crippen molar-refractivity contribution in [1.82, 2.24) is 15.6 Å². The van der Waals surface area contributed by atoms with Crippen molar-refractivity contribution < 1.29 is 9.47 Å². The molecule has 1 aromatic carbocycles. The van der Waals surface area contributed by atoms with E-state index >= 15 is 0 Å². The van der Waals surface area contributed by atoms with E-state index in [-0.39, 0.29) is 30.1 Å². The molecular weight excluding hydrogens is 469 g/mol. The fourth-order valence-corrected chi connectivity index (χ4v) is 2.74. The summed E-state index contributed by atoms with van der Waals surface area (Å²) in [6.45, 7) is 2.92. The zero-order chi connectivity index (χ0) is 18.7. The van der Waals surface area contributed by atoms with E-state index in [1.807, 2.05) is 42.5 Å². The van der Waals surface area contributed by atoms with Gasteiger partial charge in [-0.05, 0) is 37.1 Å². The van der Waals surface area contributed by atoms with E-state index in [2.05, 4.69) is 25.9 Å². The molecule has 152 valence electrons. The molecule has 0 radical (unpaired) electrons. The number of hydrogen-bond donors (Lipinski definition) is 3. The van der Waals surface area contributed by atoms with Crippen molar-refractivity contribution in [3.8, 4) is 11.5 Å². The van der Waals surface area contributed by atoms with Crippen molar-refractivity contribution in [2.24, 2.45) is 4.99 Å². The van der Waals surface area contributed by atoms with Crippen LogP contribution in [0.3, 0.4) is 0 Å². The number of aromatic nitrogens is 1. The second kappa shape index (κ2) is 12.3. The number of nitrogens with one attached hydrogen (secondary N) is 3. The number of nitrogens with zero attached hydrogens (tertiary/aromatic N) is 2. The summed E-state index contributed by atoms with van der Waals surface area (Å²) in [5.74, 6) is 3.28. The van der Waals surface area contributed by atoms with E-state index in [1.165, 1.54) is 0 Å². The summed E-state index contributed by atoms with van der Waals surface area (Å²) in [5, 5.41) is 9.93. The number of pyridine rings is 1. The van der Waals surface area contributed by atoms with Gasteiger partial charge in [-0.3, -0.25) is 4.99 Å². The molecule has 0 saturated carbocycles. The number of unbranched alkanes of at least 4 members (excludes halogenated alkanes) is 1. The summed E-state index contributed by atoms with van der Waals surface area (Å²) in [7, 11) is 1.77. The Morgan fingerprint density at radius 2 is 1.86 bits per heavy atom. The fourth-order valence-electron chi connectivity index (χ4n) is 2.74. The molecule has 0 spiro atoms. The maximum Gasteiger partial charge on any atom is 0.191 e. The molecule has 0 amide bonds. The molecule has 2 heterocycles. The molecular formula is C20H28IN5O2. The molecule has 3 rings (SSSR count). The third kappa shape index (κ3) is 7.06. The first kappa shape index (κ1) is 22.1. The lowest BCUT2D eigenvalue weighted by atomic mass is 10.2. The second-order valence-electron chi connectivity index (χ2n) is 6.23. The molecule has 2 aromatic rings. The number of guanidine groups is 1. The lowest BCUT2D eigenvalue weighted by molar-refractivity contribution is 0.0936. The van der Waals surface area contributed by atoms with Gasteiger partial charge >= 0.3 is 0 Å². The van der Waals surface area contributed by atoms with Gasteiger partial charge in [-0.2, -0.15) is 0 Å². The SMILES string of the molecule is CN=C(NCCCCNc1ccccn1)NCC1COc2ccccc2O1.I. The summed E-state index contributed by atoms with van der Waals surface area (Å²) in [4.78, 5) is 8.50. The van der Waals surface area contributed by atoms with Crippen molar-refractivity contribution in [1.29, 1.82) is 0 Å². The first-order valence-corrected chi connectivity index (χ1v) is 9.33. The number of anilines is 1. The Kier molecular flexibility index (Phi) is 9.67. The highest BCUT2D eigenvalue weighted by Crippen LogP contribution is 2.30. The van der Waals surface area contributed by atoms with Crippen LogP contribution in [-0.4, -0.2) is 50.3 Å². The predicted molar refractivity (Wildman–Crippen MR) is 123 cm³/mol. The molecule has 0 aliphatic carbocycles. The number of fused-ring (bicyclic) bond motifs is 1. The Morgan fingerprint density at radius 3 is 2.64 bits per heavy atom. The Hall–Kier alpha value is -2.23. The van der Waals surface area contributed by atoms with Gasteiger partial charge < -0.3 is 25.4 Å². The summed E-state index contributed by atoms with van der Waals surface area (Å²) in [6.07, 6.45) is 3.84. The second-order valence-corrected chi connectivity index (χ2v) is 6.23. The van der Waals surface area contributed by atoms with E-state index < -0.39 is 0 Å². The number of ether oxygens (including phenoxy) is 2. The van der Waals surface area contributed by atoms with Gasteiger partial charge in [0, 0.05) is 26.3 Å². The summed E-state index contributed by atoms with van der Waals surface area (Å²) < 4.78 is 11.7. The summed E-state index contributed by atoms with van der Waals surface area (Å²) in [5.41, 5.74) is 0. The highest BCUT2D eigenvalue weighted by atomic mass is 127. The monoisotopic (exact) mass is 497 g/mol. The van der Waals surface area contributed by atoms with Gasteiger partial charge in [-0.1, -0.05) is 18.2 Å². The third-order valence-electron chi connectivity index (χ3n) is 4.16. The van der Waals surface area contributed by atoms with Crippen molar-refractivity contribution in [2.75, 3.05) is 38.6 Å². The molecule has 1 aromatic heterocycles. The van der Waals surface area contributed by atoms with Crippen molar-refractivity contribution in [3.05, 3.63) is 48.7 Å². The molecule has 1 atom stereocenters. The van der Waals surface area contributed by atoms with Gasteiger partial charge in [0.05, 0.1) is 6.54 Å². The molecule has 0 saturated heterocycles. The molecule has 28 heavy (non-hydrogen) atoms. The largest absolute Gasteiger partial charge is 0.486 e. The summed E-state index contributed by atoms with van der Waals surface area (Å²) >= 11 is 0. The van der Waals surface area contributed by atoms with Crippen LogP contribution in [0.2, 0.25) is 0 Å². The van der Waals surface area contributed by atoms with Gasteiger partial charge in [-0.25, -0.2) is 4.98 Å². The lowest BCUT2D eigenvalue weighted by Gasteiger charge is -2.27. The maximum atomic E-state index is 5.94. The molecule has 3 N–H and O–H groups in total. The third-order valence-corrected chi connectivity index (χ3v) is 4.16. The first-order chi connectivity index (χ1) is 13.3. The van der Waals surface area contributed by atoms with Crippen LogP contribution >= 0.6 is 24.0 Å². The van der Waals surface area contributed by atoms with E-state index in [4.69, 9.17) is 9.47 Å². The van der Waals surface area contributed by atoms with Gasteiger partial charge in [0.25, 0.3) is 0 Å². The average Bonchev–Trinajstić information content (AvgIpc) is 2.73. The van der Waals surface area contributed by atoms with Crippen LogP contribution < -0.4 is 25.4 Å². The molecule has 0 bridgehead atoms. The van der Waals surface area contributed by atoms with Gasteiger partial charge in [0.1, 0.15) is 18.5 Å². The normalized spacial score (nSPS) is 15.3. The quantitative estimate of drug-likeness (QED) is 0.225. The highest BCUT2D eigenvalue weighted by molar-refractivity contribution is 14.0. The van der Waals surface area contributed by atoms with Crippen molar-refractivity contribution >= 4 is 35.8 Å². The molecule has 1 aliphatic rings.